The van der Waals surface area contributed by atoms with Crippen LogP contribution in [0, 0.1) is 5.92 Å². The van der Waals surface area contributed by atoms with Gasteiger partial charge in [0.2, 0.25) is 0 Å². The molecule has 2 aliphatic heterocycles. The summed E-state index contributed by atoms with van der Waals surface area (Å²) in [7, 11) is 0. The summed E-state index contributed by atoms with van der Waals surface area (Å²) in [6, 6.07) is 1.47. The van der Waals surface area contributed by atoms with Gasteiger partial charge in [-0.05, 0) is 83.4 Å². The Bertz CT molecular complexity index is 749. The predicted octanol–water partition coefficient (Wildman–Crippen LogP) is 1.72. The number of nitrogens with zero attached hydrogens (tertiary/aromatic N) is 3. The second-order valence-electron chi connectivity index (χ2n) is 11.7. The Labute approximate surface area is 224 Å². The highest BCUT2D eigenvalue weighted by Crippen LogP contribution is 2.27. The molecule has 1 saturated heterocycles. The Balaban J connectivity index is 1.07. The van der Waals surface area contributed by atoms with E-state index in [4.69, 9.17) is 10.7 Å². The van der Waals surface area contributed by atoms with Crippen molar-refractivity contribution < 1.29 is 4.79 Å². The van der Waals surface area contributed by atoms with Crippen LogP contribution in [0.2, 0.25) is 0 Å². The third-order valence-corrected chi connectivity index (χ3v) is 8.61. The average molecular weight is 517 g/mol. The summed E-state index contributed by atoms with van der Waals surface area (Å²) in [5.74, 6) is 2.45. The van der Waals surface area contributed by atoms with Gasteiger partial charge in [0, 0.05) is 44.8 Å². The molecule has 0 aromatic heterocycles. The molecule has 2 heterocycles. The highest BCUT2D eigenvalue weighted by atomic mass is 16.1. The van der Waals surface area contributed by atoms with Crippen LogP contribution in [-0.2, 0) is 4.79 Å². The van der Waals surface area contributed by atoms with Crippen LogP contribution in [-0.4, -0.2) is 92.2 Å². The van der Waals surface area contributed by atoms with E-state index in [-0.39, 0.29) is 11.9 Å². The molecular formula is C28H52N8O. The van der Waals surface area contributed by atoms with E-state index in [1.54, 1.807) is 6.92 Å². The Hall–Kier alpha value is -1.68. The highest BCUT2D eigenvalue weighted by Gasteiger charge is 2.26. The minimum atomic E-state index is 0.0545. The molecule has 0 aromatic rings. The van der Waals surface area contributed by atoms with Crippen molar-refractivity contribution in [2.24, 2.45) is 16.6 Å². The average Bonchev–Trinajstić information content (AvgIpc) is 2.90. The molecule has 6 N–H and O–H groups in total. The van der Waals surface area contributed by atoms with Crippen molar-refractivity contribution in [2.45, 2.75) is 95.8 Å². The van der Waals surface area contributed by atoms with Crippen LogP contribution in [0.1, 0.15) is 77.6 Å². The lowest BCUT2D eigenvalue weighted by Gasteiger charge is -2.40. The lowest BCUT2D eigenvalue weighted by molar-refractivity contribution is -0.118. The van der Waals surface area contributed by atoms with Gasteiger partial charge < -0.3 is 27.0 Å². The number of piperazine rings is 1. The van der Waals surface area contributed by atoms with E-state index < -0.39 is 0 Å². The largest absolute Gasteiger partial charge is 0.385 e. The van der Waals surface area contributed by atoms with Gasteiger partial charge in [-0.3, -0.25) is 19.6 Å². The maximum atomic E-state index is 11.4. The zero-order valence-corrected chi connectivity index (χ0v) is 23.1. The second kappa shape index (κ2) is 15.0. The van der Waals surface area contributed by atoms with Crippen LogP contribution < -0.4 is 27.0 Å². The minimum Gasteiger partial charge on any atom is -0.385 e. The van der Waals surface area contributed by atoms with Gasteiger partial charge in [-0.15, -0.1) is 0 Å². The fourth-order valence-corrected chi connectivity index (χ4v) is 6.38. The Morgan fingerprint density at radius 1 is 1.00 bits per heavy atom. The number of hydrogen-bond acceptors (Lipinski definition) is 7. The summed E-state index contributed by atoms with van der Waals surface area (Å²) in [6.07, 6.45) is 16.7. The first-order chi connectivity index (χ1) is 18.0. The van der Waals surface area contributed by atoms with Gasteiger partial charge in [0.25, 0.3) is 0 Å². The van der Waals surface area contributed by atoms with E-state index in [0.29, 0.717) is 18.4 Å². The SMILES string of the molecule is CC(=O)CN1CCN(C2C=C(N)NC(=NCCC3CCC(NCCCNC4CCCCC4)CC3)N2)CC1. The lowest BCUT2D eigenvalue weighted by atomic mass is 9.84. The summed E-state index contributed by atoms with van der Waals surface area (Å²) < 4.78 is 0. The number of nitrogens with one attached hydrogen (secondary N) is 4. The topological polar surface area (TPSA) is 110 Å². The number of guanidine groups is 1. The molecule has 0 aromatic carbocycles. The molecule has 0 spiro atoms. The van der Waals surface area contributed by atoms with Crippen LogP contribution in [0.5, 0.6) is 0 Å². The zero-order chi connectivity index (χ0) is 25.9. The zero-order valence-electron chi connectivity index (χ0n) is 23.1. The van der Waals surface area contributed by atoms with E-state index in [2.05, 4.69) is 31.1 Å². The third-order valence-electron chi connectivity index (χ3n) is 8.61. The van der Waals surface area contributed by atoms with Gasteiger partial charge in [-0.2, -0.15) is 0 Å². The predicted molar refractivity (Wildman–Crippen MR) is 151 cm³/mol. The van der Waals surface area contributed by atoms with Crippen LogP contribution >= 0.6 is 0 Å². The van der Waals surface area contributed by atoms with Gasteiger partial charge in [0.15, 0.2) is 5.96 Å². The number of ketones is 1. The van der Waals surface area contributed by atoms with Crippen LogP contribution in [0.25, 0.3) is 0 Å². The van der Waals surface area contributed by atoms with Crippen molar-refractivity contribution in [3.63, 3.8) is 0 Å². The maximum Gasteiger partial charge on any atom is 0.198 e. The number of aliphatic imine (C=N–C) groups is 1. The summed E-state index contributed by atoms with van der Waals surface area (Å²) >= 11 is 0. The van der Waals surface area contributed by atoms with Crippen molar-refractivity contribution in [1.82, 2.24) is 31.1 Å². The minimum absolute atomic E-state index is 0.0545. The van der Waals surface area contributed by atoms with Crippen molar-refractivity contribution in [2.75, 3.05) is 52.4 Å². The molecule has 2 aliphatic carbocycles. The first-order valence-corrected chi connectivity index (χ1v) is 15.0. The number of Topliss-reactive ketones (excluding diaryl/α,β-unsaturated/α-hetero) is 1. The standard InChI is InChI=1S/C28H52N8O/c1-22(37)21-35-16-18-36(19-17-35)27-20-26(29)33-28(34-27)32-15-12-23-8-10-25(11-9-23)31-14-5-13-30-24-6-3-2-4-7-24/h20,23-25,27,30-31H,2-19,21,29H2,1H3,(H2,32,33,34). The molecule has 3 fully saturated rings. The first-order valence-electron chi connectivity index (χ1n) is 15.0. The van der Waals surface area contributed by atoms with E-state index in [9.17, 15) is 4.79 Å². The van der Waals surface area contributed by atoms with E-state index in [1.807, 2.05) is 6.08 Å². The van der Waals surface area contributed by atoms with E-state index in [1.165, 1.54) is 64.2 Å². The molecule has 9 nitrogen and oxygen atoms in total. The molecule has 1 unspecified atom stereocenters. The second-order valence-corrected chi connectivity index (χ2v) is 11.7. The summed E-state index contributed by atoms with van der Waals surface area (Å²) in [4.78, 5) is 20.8. The highest BCUT2D eigenvalue weighted by molar-refractivity contribution is 5.83. The monoisotopic (exact) mass is 516 g/mol. The summed E-state index contributed by atoms with van der Waals surface area (Å²) in [5, 5.41) is 14.3. The van der Waals surface area contributed by atoms with Crippen LogP contribution in [0.3, 0.4) is 0 Å². The number of carbonyl (C=O) groups excluding carboxylic acids is 1. The van der Waals surface area contributed by atoms with Gasteiger partial charge in [-0.1, -0.05) is 19.3 Å². The molecule has 4 rings (SSSR count). The molecule has 0 amide bonds. The molecule has 2 saturated carbocycles. The van der Waals surface area contributed by atoms with Crippen molar-refractivity contribution >= 4 is 11.7 Å². The summed E-state index contributed by atoms with van der Waals surface area (Å²) in [5.41, 5.74) is 6.18. The van der Waals surface area contributed by atoms with Gasteiger partial charge in [0.05, 0.1) is 6.54 Å². The molecule has 1 atom stereocenters. The number of rotatable bonds is 12. The Morgan fingerprint density at radius 2 is 1.68 bits per heavy atom. The third kappa shape index (κ3) is 9.85. The van der Waals surface area contributed by atoms with Crippen LogP contribution in [0.4, 0.5) is 0 Å². The fraction of sp³-hybridized carbons (Fsp3) is 0.857. The van der Waals surface area contributed by atoms with Crippen molar-refractivity contribution in [3.05, 3.63) is 11.9 Å². The molecule has 0 bridgehead atoms. The van der Waals surface area contributed by atoms with E-state index >= 15 is 0 Å². The van der Waals surface area contributed by atoms with Gasteiger partial charge >= 0.3 is 0 Å². The molecule has 9 heteroatoms. The molecule has 0 radical (unpaired) electrons. The van der Waals surface area contributed by atoms with Crippen molar-refractivity contribution in [1.29, 1.82) is 0 Å². The molecule has 4 aliphatic rings. The molecular weight excluding hydrogens is 464 g/mol. The van der Waals surface area contributed by atoms with Gasteiger partial charge in [0.1, 0.15) is 17.8 Å². The van der Waals surface area contributed by atoms with E-state index in [0.717, 1.165) is 70.2 Å². The maximum absolute atomic E-state index is 11.4. The fourth-order valence-electron chi connectivity index (χ4n) is 6.38. The quantitative estimate of drug-likeness (QED) is 0.250. The van der Waals surface area contributed by atoms with Crippen LogP contribution in [0.15, 0.2) is 16.9 Å². The molecule has 210 valence electrons. The number of carbonyl (C=O) groups is 1. The molecule has 37 heavy (non-hydrogen) atoms. The number of hydrogen-bond donors (Lipinski definition) is 5. The Morgan fingerprint density at radius 3 is 2.35 bits per heavy atom. The Kier molecular flexibility index (Phi) is 11.5. The first kappa shape index (κ1) is 28.3. The van der Waals surface area contributed by atoms with Gasteiger partial charge in [-0.25, -0.2) is 0 Å². The number of nitrogens with two attached hydrogens (primary N) is 1. The van der Waals surface area contributed by atoms with Crippen molar-refractivity contribution in [3.8, 4) is 0 Å². The normalized spacial score (nSPS) is 29.5. The smallest absolute Gasteiger partial charge is 0.198 e. The lowest BCUT2D eigenvalue weighted by Crippen LogP contribution is -2.60. The summed E-state index contributed by atoms with van der Waals surface area (Å²) in [6.45, 7) is 8.97.